The van der Waals surface area contributed by atoms with Gasteiger partial charge in [-0.15, -0.1) is 0 Å². The zero-order chi connectivity index (χ0) is 25.1. The lowest BCUT2D eigenvalue weighted by atomic mass is 10.0. The van der Waals surface area contributed by atoms with Crippen LogP contribution in [0.3, 0.4) is 0 Å². The summed E-state index contributed by atoms with van der Waals surface area (Å²) in [6, 6.07) is 5.28. The highest BCUT2D eigenvalue weighted by Gasteiger charge is 2.21. The highest BCUT2D eigenvalue weighted by atomic mass is 16.5. The Morgan fingerprint density at radius 1 is 1.19 bits per heavy atom. The van der Waals surface area contributed by atoms with Gasteiger partial charge in [-0.25, -0.2) is 9.97 Å². The van der Waals surface area contributed by atoms with Gasteiger partial charge in [0.15, 0.2) is 12.3 Å². The number of hydrogen-bond donors (Lipinski definition) is 4. The summed E-state index contributed by atoms with van der Waals surface area (Å²) in [4.78, 5) is 48.6. The molecule has 0 radical (unpaired) electrons. The number of ether oxygens (including phenoxy) is 2. The van der Waals surface area contributed by atoms with Crippen LogP contribution in [-0.4, -0.2) is 59.0 Å². The molecule has 3 aromatic rings. The van der Waals surface area contributed by atoms with Gasteiger partial charge in [0.05, 0.1) is 22.9 Å². The molecule has 1 aliphatic heterocycles. The molecule has 3 heterocycles. The average molecular weight is 489 g/mol. The van der Waals surface area contributed by atoms with Crippen LogP contribution in [0.15, 0.2) is 54.5 Å². The molecule has 2 aliphatic rings. The van der Waals surface area contributed by atoms with Crippen LogP contribution >= 0.6 is 0 Å². The highest BCUT2D eigenvalue weighted by molar-refractivity contribution is 6.10. The molecule has 4 N–H and O–H groups in total. The van der Waals surface area contributed by atoms with Gasteiger partial charge in [0, 0.05) is 26.4 Å². The fourth-order valence-corrected chi connectivity index (χ4v) is 4.07. The maximum absolute atomic E-state index is 12.9. The van der Waals surface area contributed by atoms with Gasteiger partial charge in [-0.05, 0) is 29.7 Å². The first-order valence-electron chi connectivity index (χ1n) is 11.4. The summed E-state index contributed by atoms with van der Waals surface area (Å²) in [6.07, 6.45) is 9.51. The smallest absolute Gasteiger partial charge is 0.272 e. The zero-order valence-electron chi connectivity index (χ0n) is 19.5. The fourth-order valence-electron chi connectivity index (χ4n) is 4.07. The molecule has 1 atom stereocenters. The van der Waals surface area contributed by atoms with Gasteiger partial charge in [-0.2, -0.15) is 0 Å². The number of amides is 3. The van der Waals surface area contributed by atoms with E-state index in [0.29, 0.717) is 34.6 Å². The number of anilines is 1. The maximum atomic E-state index is 12.9. The van der Waals surface area contributed by atoms with Crippen LogP contribution in [0.4, 0.5) is 5.69 Å². The van der Waals surface area contributed by atoms with Crippen LogP contribution in [0.5, 0.6) is 5.75 Å². The SMILES string of the molecule is COC1C=C(CNC(=O)c2c[nH]c3c(C(=O)NCc4ccc5c(c4)NC(=O)CO5)ncnc23)C=CC1. The van der Waals surface area contributed by atoms with Crippen LogP contribution in [-0.2, 0) is 16.1 Å². The lowest BCUT2D eigenvalue weighted by Crippen LogP contribution is -2.27. The quantitative estimate of drug-likeness (QED) is 0.397. The lowest BCUT2D eigenvalue weighted by Gasteiger charge is -2.18. The van der Waals surface area contributed by atoms with E-state index in [1.54, 1.807) is 25.3 Å². The Labute approximate surface area is 206 Å². The Bertz CT molecular complexity index is 1410. The van der Waals surface area contributed by atoms with Crippen molar-refractivity contribution in [3.8, 4) is 5.75 Å². The number of aromatic amines is 1. The zero-order valence-corrected chi connectivity index (χ0v) is 19.5. The number of nitrogens with zero attached hydrogens (tertiary/aromatic N) is 2. The molecule has 36 heavy (non-hydrogen) atoms. The summed E-state index contributed by atoms with van der Waals surface area (Å²) in [7, 11) is 1.65. The van der Waals surface area contributed by atoms with E-state index in [2.05, 4.69) is 30.9 Å². The second-order valence-electron chi connectivity index (χ2n) is 8.33. The Kier molecular flexibility index (Phi) is 6.46. The molecule has 0 fully saturated rings. The summed E-state index contributed by atoms with van der Waals surface area (Å²) in [5, 5.41) is 8.43. The molecular weight excluding hydrogens is 464 g/mol. The van der Waals surface area contributed by atoms with Crippen molar-refractivity contribution in [1.29, 1.82) is 0 Å². The van der Waals surface area contributed by atoms with Crippen molar-refractivity contribution in [2.75, 3.05) is 25.6 Å². The average Bonchev–Trinajstić information content (AvgIpc) is 3.34. The molecule has 1 unspecified atom stereocenters. The van der Waals surface area contributed by atoms with E-state index >= 15 is 0 Å². The molecule has 184 valence electrons. The summed E-state index contributed by atoms with van der Waals surface area (Å²) in [5.41, 5.74) is 3.42. The van der Waals surface area contributed by atoms with Gasteiger partial charge in [0.2, 0.25) is 0 Å². The standard InChI is InChI=1S/C25H24N6O5/c1-35-16-4-2-3-14(7-16)9-27-24(33)17-11-26-22-21(17)29-13-30-23(22)25(34)28-10-15-5-6-19-18(8-15)31-20(32)12-36-19/h2-3,5-8,11,13,16,26H,4,9-10,12H2,1H3,(H,27,33)(H,28,34)(H,31,32). The molecule has 11 nitrogen and oxygen atoms in total. The van der Waals surface area contributed by atoms with E-state index in [0.717, 1.165) is 17.6 Å². The van der Waals surface area contributed by atoms with Gasteiger partial charge in [-0.3, -0.25) is 14.4 Å². The van der Waals surface area contributed by atoms with Crippen molar-refractivity contribution in [1.82, 2.24) is 25.6 Å². The molecule has 0 bridgehead atoms. The summed E-state index contributed by atoms with van der Waals surface area (Å²) < 4.78 is 10.7. The molecule has 11 heteroatoms. The van der Waals surface area contributed by atoms with Gasteiger partial charge in [-0.1, -0.05) is 24.3 Å². The number of H-pyrrole nitrogens is 1. The van der Waals surface area contributed by atoms with Gasteiger partial charge in [0.1, 0.15) is 17.6 Å². The predicted molar refractivity (Wildman–Crippen MR) is 131 cm³/mol. The largest absolute Gasteiger partial charge is 0.482 e. The first-order chi connectivity index (χ1) is 17.5. The third-order valence-electron chi connectivity index (χ3n) is 5.91. The number of carbonyl (C=O) groups excluding carboxylic acids is 3. The monoisotopic (exact) mass is 488 g/mol. The minimum Gasteiger partial charge on any atom is -0.482 e. The molecule has 3 amide bonds. The number of fused-ring (bicyclic) bond motifs is 2. The topological polar surface area (TPSA) is 147 Å². The second kappa shape index (κ2) is 10.0. The van der Waals surface area contributed by atoms with Crippen molar-refractivity contribution >= 4 is 34.4 Å². The Morgan fingerprint density at radius 2 is 2.06 bits per heavy atom. The summed E-state index contributed by atoms with van der Waals surface area (Å²) in [5.74, 6) is -0.408. The van der Waals surface area contributed by atoms with E-state index < -0.39 is 5.91 Å². The van der Waals surface area contributed by atoms with Crippen LogP contribution in [0, 0.1) is 0 Å². The first-order valence-corrected chi connectivity index (χ1v) is 11.4. The summed E-state index contributed by atoms with van der Waals surface area (Å²) in [6.45, 7) is 0.519. The minimum atomic E-state index is -0.433. The molecule has 1 aliphatic carbocycles. The van der Waals surface area contributed by atoms with Gasteiger partial charge >= 0.3 is 0 Å². The second-order valence-corrected chi connectivity index (χ2v) is 8.33. The molecule has 0 spiro atoms. The number of carbonyl (C=O) groups is 3. The van der Waals surface area contributed by atoms with E-state index in [1.165, 1.54) is 12.5 Å². The molecular formula is C25H24N6O5. The number of benzene rings is 1. The van der Waals surface area contributed by atoms with E-state index in [1.807, 2.05) is 18.2 Å². The lowest BCUT2D eigenvalue weighted by molar-refractivity contribution is -0.118. The van der Waals surface area contributed by atoms with Crippen molar-refractivity contribution < 1.29 is 23.9 Å². The van der Waals surface area contributed by atoms with Crippen molar-refractivity contribution in [3.05, 3.63) is 71.3 Å². The molecule has 1 aromatic carbocycles. The maximum Gasteiger partial charge on any atom is 0.272 e. The van der Waals surface area contributed by atoms with Crippen molar-refractivity contribution in [3.63, 3.8) is 0 Å². The Hall–Kier alpha value is -4.51. The van der Waals surface area contributed by atoms with Crippen LogP contribution in [0.1, 0.15) is 32.8 Å². The Morgan fingerprint density at radius 3 is 2.92 bits per heavy atom. The van der Waals surface area contributed by atoms with E-state index in [4.69, 9.17) is 9.47 Å². The third kappa shape index (κ3) is 4.82. The number of rotatable bonds is 7. The number of methoxy groups -OCH3 is 1. The fraction of sp³-hybridized carbons (Fsp3) is 0.240. The third-order valence-corrected chi connectivity index (χ3v) is 5.91. The molecule has 0 saturated carbocycles. The van der Waals surface area contributed by atoms with E-state index in [9.17, 15) is 14.4 Å². The summed E-state index contributed by atoms with van der Waals surface area (Å²) >= 11 is 0. The van der Waals surface area contributed by atoms with Crippen LogP contribution in [0.2, 0.25) is 0 Å². The van der Waals surface area contributed by atoms with E-state index in [-0.39, 0.29) is 36.8 Å². The number of hydrogen-bond acceptors (Lipinski definition) is 7. The molecule has 0 saturated heterocycles. The minimum absolute atomic E-state index is 0.00260. The number of nitrogens with one attached hydrogen (secondary N) is 4. The van der Waals surface area contributed by atoms with Gasteiger partial charge in [0.25, 0.3) is 17.7 Å². The molecule has 2 aromatic heterocycles. The highest BCUT2D eigenvalue weighted by Crippen LogP contribution is 2.28. The normalized spacial score (nSPS) is 16.5. The first kappa shape index (κ1) is 23.2. The predicted octanol–water partition coefficient (Wildman–Crippen LogP) is 1.85. The Balaban J connectivity index is 1.26. The van der Waals surface area contributed by atoms with Crippen LogP contribution in [0.25, 0.3) is 11.0 Å². The molecule has 5 rings (SSSR count). The van der Waals surface area contributed by atoms with Crippen molar-refractivity contribution in [2.45, 2.75) is 19.1 Å². The van der Waals surface area contributed by atoms with Gasteiger partial charge < -0.3 is 30.4 Å². The van der Waals surface area contributed by atoms with Crippen LogP contribution < -0.4 is 20.7 Å². The van der Waals surface area contributed by atoms with Crippen molar-refractivity contribution in [2.24, 2.45) is 0 Å². The number of aromatic nitrogens is 3.